The molecule has 33 heavy (non-hydrogen) atoms. The number of nitrogens with one attached hydrogen (secondary N) is 1. The molecule has 0 radical (unpaired) electrons. The second-order valence-electron chi connectivity index (χ2n) is 8.90. The Morgan fingerprint density at radius 1 is 0.848 bits per heavy atom. The molecule has 0 atom stereocenters. The van der Waals surface area contributed by atoms with E-state index in [-0.39, 0.29) is 21.6 Å². The van der Waals surface area contributed by atoms with Gasteiger partial charge in [-0.05, 0) is 80.1 Å². The molecule has 1 aliphatic carbocycles. The lowest BCUT2D eigenvalue weighted by Crippen LogP contribution is -2.35. The van der Waals surface area contributed by atoms with E-state index >= 15 is 0 Å². The number of anilines is 2. The molecule has 1 N–H and O–H groups in total. The minimum atomic E-state index is -3.86. The SMILES string of the molecule is O=C(C1CC1)N1CCc2cc(S(=O)(=O)Nc3ccc(S(=O)(=O)N4CCCCC4)cc3)ccc21. The number of carbonyl (C=O) groups excluding carboxylic acids is 1. The van der Waals surface area contributed by atoms with Crippen molar-refractivity contribution in [3.05, 3.63) is 48.0 Å². The fourth-order valence-corrected chi connectivity index (χ4v) is 7.11. The van der Waals surface area contributed by atoms with Crippen LogP contribution in [-0.2, 0) is 31.3 Å². The van der Waals surface area contributed by atoms with Gasteiger partial charge in [0.05, 0.1) is 9.79 Å². The van der Waals surface area contributed by atoms with Crippen LogP contribution in [-0.4, -0.2) is 46.7 Å². The summed E-state index contributed by atoms with van der Waals surface area (Å²) < 4.78 is 55.5. The second-order valence-corrected chi connectivity index (χ2v) is 12.5. The Kier molecular flexibility index (Phi) is 5.70. The molecule has 176 valence electrons. The number of fused-ring (bicyclic) bond motifs is 1. The predicted octanol–water partition coefficient (Wildman–Crippen LogP) is 2.96. The van der Waals surface area contributed by atoms with Gasteiger partial charge in [-0.3, -0.25) is 9.52 Å². The lowest BCUT2D eigenvalue weighted by atomic mass is 10.2. The third-order valence-corrected chi connectivity index (χ3v) is 9.80. The van der Waals surface area contributed by atoms with Gasteiger partial charge in [-0.25, -0.2) is 16.8 Å². The van der Waals surface area contributed by atoms with Crippen molar-refractivity contribution in [2.75, 3.05) is 29.3 Å². The number of hydrogen-bond acceptors (Lipinski definition) is 5. The van der Waals surface area contributed by atoms with E-state index < -0.39 is 20.0 Å². The normalized spacial score (nSPS) is 19.3. The molecular weight excluding hydrogens is 462 g/mol. The summed E-state index contributed by atoms with van der Waals surface area (Å²) >= 11 is 0. The molecule has 2 fully saturated rings. The van der Waals surface area contributed by atoms with Gasteiger partial charge in [-0.15, -0.1) is 0 Å². The molecular formula is C23H27N3O5S2. The summed E-state index contributed by atoms with van der Waals surface area (Å²) in [6.45, 7) is 1.60. The summed E-state index contributed by atoms with van der Waals surface area (Å²) in [5, 5.41) is 0. The Balaban J connectivity index is 1.32. The van der Waals surface area contributed by atoms with Gasteiger partial charge in [0.1, 0.15) is 0 Å². The Morgan fingerprint density at radius 2 is 1.52 bits per heavy atom. The van der Waals surface area contributed by atoms with Crippen molar-refractivity contribution >= 4 is 37.3 Å². The first-order valence-electron chi connectivity index (χ1n) is 11.3. The van der Waals surface area contributed by atoms with E-state index in [4.69, 9.17) is 0 Å². The molecule has 0 unspecified atom stereocenters. The highest BCUT2D eigenvalue weighted by molar-refractivity contribution is 7.92. The van der Waals surface area contributed by atoms with Crippen molar-refractivity contribution in [3.63, 3.8) is 0 Å². The zero-order chi connectivity index (χ0) is 23.2. The molecule has 5 rings (SSSR count). The monoisotopic (exact) mass is 489 g/mol. The first-order chi connectivity index (χ1) is 15.8. The fourth-order valence-electron chi connectivity index (χ4n) is 4.49. The third-order valence-electron chi connectivity index (χ3n) is 6.51. The van der Waals surface area contributed by atoms with Crippen LogP contribution in [0, 0.1) is 5.92 Å². The molecule has 0 spiro atoms. The van der Waals surface area contributed by atoms with Gasteiger partial charge < -0.3 is 4.90 Å². The van der Waals surface area contributed by atoms with Crippen LogP contribution in [0.25, 0.3) is 0 Å². The van der Waals surface area contributed by atoms with Crippen LogP contribution in [0.5, 0.6) is 0 Å². The molecule has 2 aromatic rings. The molecule has 2 heterocycles. The maximum Gasteiger partial charge on any atom is 0.261 e. The number of rotatable bonds is 6. The summed E-state index contributed by atoms with van der Waals surface area (Å²) in [4.78, 5) is 14.5. The largest absolute Gasteiger partial charge is 0.312 e. The molecule has 1 saturated carbocycles. The molecule has 0 bridgehead atoms. The summed E-state index contributed by atoms with van der Waals surface area (Å²) in [5.74, 6) is 0.241. The average molecular weight is 490 g/mol. The van der Waals surface area contributed by atoms with Crippen molar-refractivity contribution < 1.29 is 21.6 Å². The Hall–Kier alpha value is -2.43. The van der Waals surface area contributed by atoms with Gasteiger partial charge in [-0.1, -0.05) is 6.42 Å². The fraction of sp³-hybridized carbons (Fsp3) is 0.435. The van der Waals surface area contributed by atoms with Gasteiger partial charge in [0, 0.05) is 36.9 Å². The van der Waals surface area contributed by atoms with Crippen molar-refractivity contribution in [2.24, 2.45) is 5.92 Å². The van der Waals surface area contributed by atoms with E-state index in [1.807, 2.05) is 0 Å². The van der Waals surface area contributed by atoms with Crippen LogP contribution in [0.3, 0.4) is 0 Å². The van der Waals surface area contributed by atoms with E-state index in [9.17, 15) is 21.6 Å². The molecule has 2 aliphatic heterocycles. The maximum absolute atomic E-state index is 12.9. The van der Waals surface area contributed by atoms with Crippen molar-refractivity contribution in [1.29, 1.82) is 0 Å². The van der Waals surface area contributed by atoms with Gasteiger partial charge in [0.25, 0.3) is 10.0 Å². The smallest absolute Gasteiger partial charge is 0.261 e. The van der Waals surface area contributed by atoms with E-state index in [2.05, 4.69) is 4.72 Å². The van der Waals surface area contributed by atoms with Crippen LogP contribution < -0.4 is 9.62 Å². The van der Waals surface area contributed by atoms with E-state index in [1.165, 1.54) is 34.6 Å². The Morgan fingerprint density at radius 3 is 2.18 bits per heavy atom. The van der Waals surface area contributed by atoms with E-state index in [0.717, 1.165) is 43.4 Å². The predicted molar refractivity (Wildman–Crippen MR) is 125 cm³/mol. The van der Waals surface area contributed by atoms with Crippen LogP contribution in [0.1, 0.15) is 37.7 Å². The maximum atomic E-state index is 12.9. The van der Waals surface area contributed by atoms with Gasteiger partial charge in [-0.2, -0.15) is 4.31 Å². The number of hydrogen-bond donors (Lipinski definition) is 1. The number of carbonyl (C=O) groups is 1. The summed E-state index contributed by atoms with van der Waals surface area (Å²) in [5.41, 5.74) is 1.92. The van der Waals surface area contributed by atoms with Crippen LogP contribution in [0.2, 0.25) is 0 Å². The number of sulfonamides is 2. The molecule has 1 amide bonds. The minimum Gasteiger partial charge on any atom is -0.312 e. The van der Waals surface area contributed by atoms with Crippen molar-refractivity contribution in [2.45, 2.75) is 48.3 Å². The van der Waals surface area contributed by atoms with Crippen molar-refractivity contribution in [3.8, 4) is 0 Å². The number of amides is 1. The van der Waals surface area contributed by atoms with Gasteiger partial charge >= 0.3 is 0 Å². The zero-order valence-electron chi connectivity index (χ0n) is 18.2. The molecule has 1 saturated heterocycles. The highest BCUT2D eigenvalue weighted by Gasteiger charge is 2.36. The van der Waals surface area contributed by atoms with Crippen LogP contribution in [0.4, 0.5) is 11.4 Å². The summed E-state index contributed by atoms with van der Waals surface area (Å²) in [7, 11) is -7.43. The summed E-state index contributed by atoms with van der Waals surface area (Å²) in [6.07, 6.45) is 5.22. The first kappa shape index (κ1) is 22.4. The molecule has 8 nitrogen and oxygen atoms in total. The molecule has 0 aromatic heterocycles. The Labute approximate surface area is 194 Å². The quantitative estimate of drug-likeness (QED) is 0.672. The number of piperidine rings is 1. The van der Waals surface area contributed by atoms with Gasteiger partial charge in [0.15, 0.2) is 0 Å². The average Bonchev–Trinajstić information content (AvgIpc) is 3.58. The highest BCUT2D eigenvalue weighted by atomic mass is 32.2. The molecule has 3 aliphatic rings. The third kappa shape index (κ3) is 4.39. The lowest BCUT2D eigenvalue weighted by molar-refractivity contribution is -0.119. The van der Waals surface area contributed by atoms with E-state index in [1.54, 1.807) is 17.0 Å². The topological polar surface area (TPSA) is 104 Å². The highest BCUT2D eigenvalue weighted by Crippen LogP contribution is 2.37. The zero-order valence-corrected chi connectivity index (χ0v) is 19.9. The molecule has 10 heteroatoms. The van der Waals surface area contributed by atoms with Crippen LogP contribution >= 0.6 is 0 Å². The van der Waals surface area contributed by atoms with E-state index in [0.29, 0.717) is 31.7 Å². The Bertz CT molecular complexity index is 1280. The number of nitrogens with zero attached hydrogens (tertiary/aromatic N) is 2. The number of benzene rings is 2. The first-order valence-corrected chi connectivity index (χ1v) is 14.3. The molecule has 2 aromatic carbocycles. The standard InChI is InChI=1S/C23H27N3O5S2/c27-23(17-4-5-17)26-15-12-18-16-21(10-11-22(18)26)32(28,29)24-19-6-8-20(9-7-19)33(30,31)25-13-2-1-3-14-25/h6-11,16-17,24H,1-5,12-15H2. The second kappa shape index (κ2) is 8.41. The summed E-state index contributed by atoms with van der Waals surface area (Å²) in [6, 6.07) is 10.6. The van der Waals surface area contributed by atoms with Gasteiger partial charge in [0.2, 0.25) is 15.9 Å². The lowest BCUT2D eigenvalue weighted by Gasteiger charge is -2.25. The van der Waals surface area contributed by atoms with Crippen molar-refractivity contribution in [1.82, 2.24) is 4.31 Å². The van der Waals surface area contributed by atoms with Crippen LogP contribution in [0.15, 0.2) is 52.3 Å². The minimum absolute atomic E-state index is 0.114.